The molecule has 2 saturated heterocycles. The molecule has 0 unspecified atom stereocenters. The molecule has 2 atom stereocenters. The van der Waals surface area contributed by atoms with E-state index in [4.69, 9.17) is 32.8 Å². The Kier molecular flexibility index (Phi) is 18.4. The molecule has 17 nitrogen and oxygen atoms in total. The highest BCUT2D eigenvalue weighted by Crippen LogP contribution is 2.32. The predicted molar refractivity (Wildman–Crippen MR) is 229 cm³/mol. The lowest BCUT2D eigenvalue weighted by Gasteiger charge is -2.13. The molecule has 2 aliphatic rings. The average molecular weight is 841 g/mol. The van der Waals surface area contributed by atoms with Gasteiger partial charge in [0.15, 0.2) is 12.2 Å². The van der Waals surface area contributed by atoms with Crippen LogP contribution in [0.3, 0.4) is 0 Å². The van der Waals surface area contributed by atoms with Crippen molar-refractivity contribution in [2.75, 3.05) is 49.5 Å². The number of benzene rings is 4. The van der Waals surface area contributed by atoms with Gasteiger partial charge in [0.1, 0.15) is 23.7 Å². The smallest absolute Gasteiger partial charge is 0.417 e. The van der Waals surface area contributed by atoms with Gasteiger partial charge in [0, 0.05) is 49.1 Å². The molecular weight excluding hydrogens is 789 g/mol. The van der Waals surface area contributed by atoms with Crippen molar-refractivity contribution in [2.24, 2.45) is 0 Å². The van der Waals surface area contributed by atoms with Crippen LogP contribution in [0.1, 0.15) is 38.8 Å². The van der Waals surface area contributed by atoms with Crippen molar-refractivity contribution in [2.45, 2.75) is 53.0 Å². The Morgan fingerprint density at radius 3 is 1.77 bits per heavy atom. The van der Waals surface area contributed by atoms with E-state index < -0.39 is 24.3 Å². The molecule has 4 aromatic carbocycles. The number of carbonyl (C=O) groups is 4. The summed E-state index contributed by atoms with van der Waals surface area (Å²) >= 11 is 0. The molecule has 2 aliphatic heterocycles. The van der Waals surface area contributed by atoms with Gasteiger partial charge in [0.25, 0.3) is 0 Å². The second-order valence-corrected chi connectivity index (χ2v) is 13.1. The molecule has 5 N–H and O–H groups in total. The predicted octanol–water partition coefficient (Wildman–Crippen LogP) is 8.59. The first kappa shape index (κ1) is 46.6. The van der Waals surface area contributed by atoms with Crippen LogP contribution in [0, 0.1) is 0 Å². The zero-order valence-electron chi connectivity index (χ0n) is 32.1. The molecule has 7 rings (SSSR count). The Morgan fingerprint density at radius 2 is 1.25 bits per heavy atom. The molecule has 61 heavy (non-hydrogen) atoms. The van der Waals surface area contributed by atoms with Crippen molar-refractivity contribution < 1.29 is 52.0 Å². The van der Waals surface area contributed by atoms with Crippen LogP contribution in [0.15, 0.2) is 114 Å². The van der Waals surface area contributed by atoms with Gasteiger partial charge in [-0.3, -0.25) is 5.32 Å². The zero-order valence-corrected chi connectivity index (χ0v) is 32.1. The van der Waals surface area contributed by atoms with Gasteiger partial charge in [0.05, 0.1) is 45.3 Å². The van der Waals surface area contributed by atoms with E-state index in [0.717, 1.165) is 23.1 Å². The minimum Gasteiger partial charge on any atom is -0.496 e. The second-order valence-electron chi connectivity index (χ2n) is 13.1. The van der Waals surface area contributed by atoms with Crippen molar-refractivity contribution in [1.82, 2.24) is 15.6 Å². The number of nitrogens with one attached hydrogen (secondary N) is 5. The highest BCUT2D eigenvalue weighted by molar-refractivity contribution is 6.00. The van der Waals surface area contributed by atoms with E-state index >= 15 is 0 Å². The number of rotatable bonds is 12. The lowest BCUT2D eigenvalue weighted by atomic mass is 10.1. The molecule has 17 heteroatoms. The van der Waals surface area contributed by atoms with Gasteiger partial charge in [-0.25, -0.2) is 24.2 Å². The number of methoxy groups -OCH3 is 1. The zero-order chi connectivity index (χ0) is 41.2. The van der Waals surface area contributed by atoms with Crippen LogP contribution >= 0.6 is 0 Å². The summed E-state index contributed by atoms with van der Waals surface area (Å²) in [5.74, 6) is 1.56. The third kappa shape index (κ3) is 15.2. The number of urea groups is 1. The number of anilines is 3. The van der Waals surface area contributed by atoms with Crippen molar-refractivity contribution in [1.29, 1.82) is 0 Å². The maximum Gasteiger partial charge on any atom is 0.417 e. The van der Waals surface area contributed by atoms with Gasteiger partial charge in [-0.2, -0.15) is 0 Å². The molecule has 0 aliphatic carbocycles. The van der Waals surface area contributed by atoms with Crippen LogP contribution in [-0.2, 0) is 32.0 Å². The highest BCUT2D eigenvalue weighted by atomic mass is 16.6. The fraction of sp³-hybridized carbons (Fsp3) is 0.295. The van der Waals surface area contributed by atoms with Gasteiger partial charge in [-0.05, 0) is 59.7 Å². The van der Waals surface area contributed by atoms with Crippen molar-refractivity contribution in [3.63, 3.8) is 0 Å². The van der Waals surface area contributed by atoms with Crippen molar-refractivity contribution in [3.8, 4) is 22.8 Å². The topological polar surface area (TPSA) is 210 Å². The number of oxazole rings is 1. The first-order valence-corrected chi connectivity index (χ1v) is 18.7. The van der Waals surface area contributed by atoms with E-state index in [1.54, 1.807) is 85.1 Å². The number of carbonyl (C=O) groups excluding carboxylic acids is 4. The van der Waals surface area contributed by atoms with Crippen LogP contribution in [-0.4, -0.2) is 75.0 Å². The van der Waals surface area contributed by atoms with Crippen LogP contribution in [0.5, 0.6) is 11.5 Å². The first-order chi connectivity index (χ1) is 28.8. The Morgan fingerprint density at radius 1 is 0.672 bits per heavy atom. The number of nitrogens with zero attached hydrogens (tertiary/aromatic N) is 1. The number of amides is 5. The Labute approximate surface area is 354 Å². The van der Waals surface area contributed by atoms with E-state index in [9.17, 15) is 19.2 Å². The lowest BCUT2D eigenvalue weighted by molar-refractivity contribution is 0.0824. The van der Waals surface area contributed by atoms with E-state index in [1.807, 2.05) is 18.2 Å². The van der Waals surface area contributed by atoms with Crippen LogP contribution < -0.4 is 36.1 Å². The number of hydrogen-bond donors (Lipinski definition) is 5. The summed E-state index contributed by atoms with van der Waals surface area (Å²) in [5, 5.41) is 13.6. The second kappa shape index (κ2) is 24.1. The van der Waals surface area contributed by atoms with Gasteiger partial charge in [-0.15, -0.1) is 0 Å². The van der Waals surface area contributed by atoms with Gasteiger partial charge in [0.2, 0.25) is 0 Å². The van der Waals surface area contributed by atoms with Crippen LogP contribution in [0.2, 0.25) is 0 Å². The SMILES string of the molecule is C.C.COc1cc(NC(=O)Nc2cccc(CNC(=O)O[C@H]3CCOC3)c2)ccc1-c1cnco1.O=C(Nc1cccc(CNC(=O)O[C@H]2CCOC2)c1)Oc1ccccc1. The maximum atomic E-state index is 12.5. The summed E-state index contributed by atoms with van der Waals surface area (Å²) in [6.45, 7) is 2.64. The van der Waals surface area contributed by atoms with Crippen molar-refractivity contribution >= 4 is 41.4 Å². The summed E-state index contributed by atoms with van der Waals surface area (Å²) < 4.78 is 36.7. The molecule has 324 valence electrons. The van der Waals surface area contributed by atoms with E-state index in [0.29, 0.717) is 67.2 Å². The molecule has 5 amide bonds. The minimum absolute atomic E-state index is 0. The van der Waals surface area contributed by atoms with E-state index in [-0.39, 0.29) is 40.2 Å². The maximum absolute atomic E-state index is 12.5. The molecule has 5 aromatic rings. The summed E-state index contributed by atoms with van der Waals surface area (Å²) in [6, 6.07) is 27.9. The largest absolute Gasteiger partial charge is 0.496 e. The van der Waals surface area contributed by atoms with E-state index in [2.05, 4.69) is 31.6 Å². The molecule has 0 spiro atoms. The Bertz CT molecular complexity index is 2140. The monoisotopic (exact) mass is 840 g/mol. The molecule has 0 radical (unpaired) electrons. The number of aromatic nitrogens is 1. The minimum atomic E-state index is -0.582. The first-order valence-electron chi connectivity index (χ1n) is 18.7. The Hall–Kier alpha value is -7.11. The average Bonchev–Trinajstić information content (AvgIpc) is 4.06. The van der Waals surface area contributed by atoms with Gasteiger partial charge >= 0.3 is 24.3 Å². The quantitative estimate of drug-likeness (QED) is 0.0800. The third-order valence-electron chi connectivity index (χ3n) is 8.67. The van der Waals surface area contributed by atoms with Gasteiger partial charge < -0.3 is 54.1 Å². The molecule has 0 bridgehead atoms. The molecule has 0 saturated carbocycles. The number of ether oxygens (including phenoxy) is 6. The summed E-state index contributed by atoms with van der Waals surface area (Å²) in [6.07, 6.45) is 2.40. The lowest BCUT2D eigenvalue weighted by Crippen LogP contribution is -2.28. The molecular formula is C44H52N6O11. The summed E-state index contributed by atoms with van der Waals surface area (Å²) in [7, 11) is 1.54. The number of hydrogen-bond acceptors (Lipinski definition) is 12. The van der Waals surface area contributed by atoms with Crippen molar-refractivity contribution in [3.05, 3.63) is 121 Å². The number of para-hydroxylation sites is 1. The Balaban J connectivity index is 0.000000267. The standard InChI is InChI=1S/C23H24N4O6.C19H20N2O5.2CH4/c1-30-20-10-17(5-6-19(20)21-12-24-14-32-21)27-22(28)26-16-4-2-3-15(9-16)11-25-23(29)33-18-7-8-31-13-18;22-18(26-17-9-10-24-13-17)20-12-14-5-4-6-15(11-14)21-19(23)25-16-7-2-1-3-8-16;;/h2-6,9-10,12,14,18H,7-8,11,13H2,1H3,(H,25,29)(H2,26,27,28);1-8,11,17H,9-10,12-13H2,(H,20,22)(H,21,23);2*1H4/t18-;17-;;/m00../s1. The molecule has 3 heterocycles. The normalized spacial score (nSPS) is 14.9. The third-order valence-corrected chi connectivity index (χ3v) is 8.67. The summed E-state index contributed by atoms with van der Waals surface area (Å²) in [4.78, 5) is 52.0. The summed E-state index contributed by atoms with van der Waals surface area (Å²) in [5.41, 5.74) is 4.05. The number of alkyl carbamates (subject to hydrolysis) is 2. The fourth-order valence-corrected chi connectivity index (χ4v) is 5.82. The van der Waals surface area contributed by atoms with Crippen LogP contribution in [0.4, 0.5) is 36.2 Å². The van der Waals surface area contributed by atoms with E-state index in [1.165, 1.54) is 13.5 Å². The van der Waals surface area contributed by atoms with Crippen LogP contribution in [0.25, 0.3) is 11.3 Å². The molecule has 1 aromatic heterocycles. The van der Waals surface area contributed by atoms with Gasteiger partial charge in [-0.1, -0.05) is 57.3 Å². The highest BCUT2D eigenvalue weighted by Gasteiger charge is 2.21. The fourth-order valence-electron chi connectivity index (χ4n) is 5.82. The molecule has 2 fully saturated rings.